The van der Waals surface area contributed by atoms with Gasteiger partial charge in [0.05, 0.1) is 5.02 Å². The average molecular weight is 301 g/mol. The lowest BCUT2D eigenvalue weighted by Gasteiger charge is -2.26. The molecule has 1 heterocycles. The van der Waals surface area contributed by atoms with Crippen LogP contribution in [0.3, 0.4) is 0 Å². The molecule has 1 aromatic rings. The van der Waals surface area contributed by atoms with E-state index in [0.717, 1.165) is 30.0 Å². The van der Waals surface area contributed by atoms with Crippen LogP contribution in [0.15, 0.2) is 23.4 Å². The van der Waals surface area contributed by atoms with Crippen LogP contribution in [0, 0.1) is 5.92 Å². The van der Waals surface area contributed by atoms with E-state index in [1.54, 1.807) is 30.1 Å². The Kier molecular flexibility index (Phi) is 4.71. The van der Waals surface area contributed by atoms with Gasteiger partial charge < -0.3 is 10.8 Å². The highest BCUT2D eigenvalue weighted by Crippen LogP contribution is 2.37. The third-order valence-electron chi connectivity index (χ3n) is 3.70. The van der Waals surface area contributed by atoms with E-state index in [0.29, 0.717) is 11.4 Å². The first-order valence-corrected chi connectivity index (χ1v) is 7.66. The summed E-state index contributed by atoms with van der Waals surface area (Å²) in [5.74, 6) is -0.0518. The SMILES string of the molecule is NC1(C(=O)O)CCCC1CCSc1ncccc1Cl. The second kappa shape index (κ2) is 6.11. The molecule has 0 amide bonds. The van der Waals surface area contributed by atoms with Gasteiger partial charge in [0, 0.05) is 6.20 Å². The lowest BCUT2D eigenvalue weighted by atomic mass is 9.86. The number of hydrogen-bond donors (Lipinski definition) is 2. The van der Waals surface area contributed by atoms with Crippen molar-refractivity contribution in [1.82, 2.24) is 4.98 Å². The Labute approximate surface area is 121 Å². The summed E-state index contributed by atoms with van der Waals surface area (Å²) in [6.45, 7) is 0. The quantitative estimate of drug-likeness (QED) is 0.818. The van der Waals surface area contributed by atoms with Gasteiger partial charge in [0.1, 0.15) is 10.6 Å². The summed E-state index contributed by atoms with van der Waals surface area (Å²) in [7, 11) is 0. The Morgan fingerprint density at radius 3 is 3.16 bits per heavy atom. The fourth-order valence-electron chi connectivity index (χ4n) is 2.56. The molecule has 1 saturated carbocycles. The van der Waals surface area contributed by atoms with E-state index in [-0.39, 0.29) is 5.92 Å². The highest BCUT2D eigenvalue weighted by Gasteiger charge is 2.45. The number of nitrogens with two attached hydrogens (primary N) is 1. The first-order valence-electron chi connectivity index (χ1n) is 6.29. The number of pyridine rings is 1. The van der Waals surface area contributed by atoms with Gasteiger partial charge in [0.25, 0.3) is 0 Å². The fourth-order valence-corrected chi connectivity index (χ4v) is 3.78. The predicted octanol–water partition coefficient (Wildman–Crippen LogP) is 2.80. The maximum absolute atomic E-state index is 11.3. The molecule has 6 heteroatoms. The minimum atomic E-state index is -1.05. The van der Waals surface area contributed by atoms with Gasteiger partial charge in [0.2, 0.25) is 0 Å². The van der Waals surface area contributed by atoms with Crippen LogP contribution in [0.1, 0.15) is 25.7 Å². The van der Waals surface area contributed by atoms with E-state index in [4.69, 9.17) is 17.3 Å². The Bertz CT molecular complexity index is 472. The third-order valence-corrected chi connectivity index (χ3v) is 5.16. The van der Waals surface area contributed by atoms with Gasteiger partial charge in [-0.3, -0.25) is 4.79 Å². The van der Waals surface area contributed by atoms with Gasteiger partial charge in [0.15, 0.2) is 0 Å². The largest absolute Gasteiger partial charge is 0.480 e. The molecule has 1 aliphatic carbocycles. The molecule has 0 spiro atoms. The maximum Gasteiger partial charge on any atom is 0.323 e. The van der Waals surface area contributed by atoms with E-state index in [1.165, 1.54) is 0 Å². The van der Waals surface area contributed by atoms with Gasteiger partial charge in [-0.05, 0) is 43.1 Å². The Hall–Kier alpha value is -0.780. The molecule has 0 saturated heterocycles. The van der Waals surface area contributed by atoms with Crippen LogP contribution in [0.25, 0.3) is 0 Å². The number of rotatable bonds is 5. The molecule has 3 N–H and O–H groups in total. The van der Waals surface area contributed by atoms with Crippen molar-refractivity contribution in [3.8, 4) is 0 Å². The number of nitrogens with zero attached hydrogens (tertiary/aromatic N) is 1. The number of hydrogen-bond acceptors (Lipinski definition) is 4. The van der Waals surface area contributed by atoms with Crippen LogP contribution in [0.5, 0.6) is 0 Å². The number of carboxylic acid groups (broad SMARTS) is 1. The molecule has 2 atom stereocenters. The Morgan fingerprint density at radius 1 is 1.68 bits per heavy atom. The minimum Gasteiger partial charge on any atom is -0.480 e. The van der Waals surface area contributed by atoms with E-state index < -0.39 is 11.5 Å². The number of aliphatic carboxylic acids is 1. The van der Waals surface area contributed by atoms with Crippen molar-refractivity contribution in [3.63, 3.8) is 0 Å². The van der Waals surface area contributed by atoms with Crippen molar-refractivity contribution in [1.29, 1.82) is 0 Å². The summed E-state index contributed by atoms with van der Waals surface area (Å²) in [4.78, 5) is 15.5. The molecule has 2 rings (SSSR count). The molecular formula is C13H17ClN2O2S. The van der Waals surface area contributed by atoms with Gasteiger partial charge in [-0.1, -0.05) is 18.0 Å². The molecular weight excluding hydrogens is 284 g/mol. The monoisotopic (exact) mass is 300 g/mol. The summed E-state index contributed by atoms with van der Waals surface area (Å²) >= 11 is 7.58. The summed E-state index contributed by atoms with van der Waals surface area (Å²) in [6, 6.07) is 3.59. The van der Waals surface area contributed by atoms with E-state index >= 15 is 0 Å². The zero-order valence-corrected chi connectivity index (χ0v) is 12.1. The number of halogens is 1. The van der Waals surface area contributed by atoms with Gasteiger partial charge in [-0.15, -0.1) is 11.8 Å². The van der Waals surface area contributed by atoms with Crippen LogP contribution in [0.4, 0.5) is 0 Å². The Balaban J connectivity index is 1.89. The summed E-state index contributed by atoms with van der Waals surface area (Å²) in [6.07, 6.45) is 4.83. The van der Waals surface area contributed by atoms with Crippen molar-refractivity contribution >= 4 is 29.3 Å². The van der Waals surface area contributed by atoms with E-state index in [1.807, 2.05) is 0 Å². The van der Waals surface area contributed by atoms with E-state index in [2.05, 4.69) is 4.98 Å². The standard InChI is InChI=1S/C13H17ClN2O2S/c14-10-4-2-7-16-11(10)19-8-5-9-3-1-6-13(9,15)12(17)18/h2,4,7,9H,1,3,5-6,8,15H2,(H,17,18). The molecule has 1 fully saturated rings. The zero-order chi connectivity index (χ0) is 13.9. The van der Waals surface area contributed by atoms with Crippen LogP contribution in [-0.4, -0.2) is 27.4 Å². The van der Waals surface area contributed by atoms with Crippen LogP contribution >= 0.6 is 23.4 Å². The molecule has 0 bridgehead atoms. The first kappa shape index (κ1) is 14.6. The molecule has 1 aromatic heterocycles. The van der Waals surface area contributed by atoms with Gasteiger partial charge in [-0.2, -0.15) is 0 Å². The number of aromatic nitrogens is 1. The molecule has 0 radical (unpaired) electrons. The zero-order valence-electron chi connectivity index (χ0n) is 10.5. The van der Waals surface area contributed by atoms with Crippen molar-refractivity contribution in [2.45, 2.75) is 36.2 Å². The average Bonchev–Trinajstić information content (AvgIpc) is 2.75. The summed E-state index contributed by atoms with van der Waals surface area (Å²) in [5, 5.41) is 10.7. The minimum absolute atomic E-state index is 0.0417. The third kappa shape index (κ3) is 3.22. The highest BCUT2D eigenvalue weighted by molar-refractivity contribution is 7.99. The molecule has 1 aliphatic rings. The van der Waals surface area contributed by atoms with Crippen LogP contribution in [0.2, 0.25) is 5.02 Å². The van der Waals surface area contributed by atoms with E-state index in [9.17, 15) is 9.90 Å². The first-order chi connectivity index (χ1) is 9.04. The van der Waals surface area contributed by atoms with Crippen LogP contribution < -0.4 is 5.73 Å². The lowest BCUT2D eigenvalue weighted by Crippen LogP contribution is -2.51. The summed E-state index contributed by atoms with van der Waals surface area (Å²) < 4.78 is 0. The summed E-state index contributed by atoms with van der Waals surface area (Å²) in [5.41, 5.74) is 4.96. The predicted molar refractivity (Wildman–Crippen MR) is 76.5 cm³/mol. The topological polar surface area (TPSA) is 76.2 Å². The molecule has 0 aliphatic heterocycles. The van der Waals surface area contributed by atoms with Crippen molar-refractivity contribution < 1.29 is 9.90 Å². The molecule has 0 aromatic carbocycles. The lowest BCUT2D eigenvalue weighted by molar-refractivity contribution is -0.144. The normalized spacial score (nSPS) is 26.5. The maximum atomic E-state index is 11.3. The smallest absolute Gasteiger partial charge is 0.323 e. The molecule has 104 valence electrons. The Morgan fingerprint density at radius 2 is 2.47 bits per heavy atom. The number of thioether (sulfide) groups is 1. The molecule has 2 unspecified atom stereocenters. The van der Waals surface area contributed by atoms with Crippen molar-refractivity contribution in [3.05, 3.63) is 23.4 Å². The van der Waals surface area contributed by atoms with Gasteiger partial charge in [-0.25, -0.2) is 4.98 Å². The van der Waals surface area contributed by atoms with Gasteiger partial charge >= 0.3 is 5.97 Å². The molecule has 19 heavy (non-hydrogen) atoms. The second-order valence-corrected chi connectivity index (χ2v) is 6.35. The second-order valence-electron chi connectivity index (χ2n) is 4.86. The fraction of sp³-hybridized carbons (Fsp3) is 0.538. The van der Waals surface area contributed by atoms with Crippen molar-refractivity contribution in [2.24, 2.45) is 11.7 Å². The highest BCUT2D eigenvalue weighted by atomic mass is 35.5. The van der Waals surface area contributed by atoms with Crippen LogP contribution in [-0.2, 0) is 4.79 Å². The number of carbonyl (C=O) groups is 1. The van der Waals surface area contributed by atoms with Crippen molar-refractivity contribution in [2.75, 3.05) is 5.75 Å². The molecule has 4 nitrogen and oxygen atoms in total. The number of carboxylic acids is 1.